The van der Waals surface area contributed by atoms with Crippen molar-refractivity contribution >= 4 is 5.91 Å². The van der Waals surface area contributed by atoms with Crippen molar-refractivity contribution in [1.82, 2.24) is 10.2 Å². The van der Waals surface area contributed by atoms with Crippen LogP contribution in [0.15, 0.2) is 42.5 Å². The number of likely N-dealkylation sites (tertiary alicyclic amines) is 1. The van der Waals surface area contributed by atoms with Crippen molar-refractivity contribution < 1.29 is 26.7 Å². The minimum atomic E-state index is -4.62. The van der Waals surface area contributed by atoms with Gasteiger partial charge in [-0.15, -0.1) is 0 Å². The molecule has 0 bridgehead atoms. The Morgan fingerprint density at radius 3 is 2.48 bits per heavy atom. The maximum atomic E-state index is 14.1. The number of rotatable bonds is 7. The van der Waals surface area contributed by atoms with E-state index in [1.165, 1.54) is 11.0 Å². The van der Waals surface area contributed by atoms with Crippen LogP contribution in [0.2, 0.25) is 0 Å². The van der Waals surface area contributed by atoms with Gasteiger partial charge in [-0.2, -0.15) is 13.2 Å². The Kier molecular flexibility index (Phi) is 6.52. The van der Waals surface area contributed by atoms with Crippen molar-refractivity contribution in [2.45, 2.75) is 44.6 Å². The van der Waals surface area contributed by atoms with E-state index in [9.17, 15) is 26.7 Å². The van der Waals surface area contributed by atoms with E-state index in [0.29, 0.717) is 44.0 Å². The van der Waals surface area contributed by atoms with Gasteiger partial charge >= 0.3 is 6.18 Å². The Hall–Kier alpha value is -2.48. The number of hydrogen-bond acceptors (Lipinski definition) is 2. The summed E-state index contributed by atoms with van der Waals surface area (Å²) in [5.74, 6) is -1.42. The third-order valence-electron chi connectivity index (χ3n) is 5.10. The monoisotopic (exact) mass is 412 g/mol. The van der Waals surface area contributed by atoms with Crippen molar-refractivity contribution in [1.29, 1.82) is 0 Å². The van der Waals surface area contributed by atoms with Crippen molar-refractivity contribution in [3.63, 3.8) is 0 Å². The van der Waals surface area contributed by atoms with Crippen LogP contribution in [0.1, 0.15) is 36.0 Å². The van der Waals surface area contributed by atoms with Gasteiger partial charge < -0.3 is 10.2 Å². The van der Waals surface area contributed by atoms with E-state index in [2.05, 4.69) is 5.32 Å². The van der Waals surface area contributed by atoms with Gasteiger partial charge in [-0.05, 0) is 37.6 Å². The summed E-state index contributed by atoms with van der Waals surface area (Å²) in [6, 6.07) is 8.64. The molecule has 1 saturated heterocycles. The fraction of sp³-hybridized carbons (Fsp3) is 0.381. The van der Waals surface area contributed by atoms with E-state index in [0.717, 1.165) is 12.1 Å². The van der Waals surface area contributed by atoms with Gasteiger partial charge in [0.25, 0.3) is 0 Å². The summed E-state index contributed by atoms with van der Waals surface area (Å²) >= 11 is 0. The van der Waals surface area contributed by atoms with Crippen molar-refractivity contribution in [2.24, 2.45) is 0 Å². The molecule has 0 unspecified atom stereocenters. The Morgan fingerprint density at radius 1 is 1.03 bits per heavy atom. The molecule has 29 heavy (non-hydrogen) atoms. The van der Waals surface area contributed by atoms with Crippen molar-refractivity contribution in [3.05, 3.63) is 70.8 Å². The smallest absolute Gasteiger partial charge is 0.335 e. The van der Waals surface area contributed by atoms with Crippen LogP contribution in [0.5, 0.6) is 0 Å². The third kappa shape index (κ3) is 5.32. The highest BCUT2D eigenvalue weighted by molar-refractivity contribution is 5.78. The number of carbonyl (C=O) groups is 1. The molecule has 156 valence electrons. The van der Waals surface area contributed by atoms with E-state index in [1.807, 2.05) is 0 Å². The lowest BCUT2D eigenvalue weighted by Gasteiger charge is -2.25. The molecule has 1 N–H and O–H groups in total. The average molecular weight is 412 g/mol. The van der Waals surface area contributed by atoms with Gasteiger partial charge in [-0.25, -0.2) is 8.78 Å². The average Bonchev–Trinajstić information content (AvgIpc) is 3.01. The topological polar surface area (TPSA) is 32.3 Å². The summed E-state index contributed by atoms with van der Waals surface area (Å²) < 4.78 is 65.8. The molecule has 1 amide bonds. The van der Waals surface area contributed by atoms with Gasteiger partial charge in [-0.1, -0.05) is 24.3 Å². The zero-order chi connectivity index (χ0) is 21.0. The van der Waals surface area contributed by atoms with E-state index < -0.39 is 17.6 Å². The van der Waals surface area contributed by atoms with Crippen LogP contribution >= 0.6 is 0 Å². The van der Waals surface area contributed by atoms with Crippen LogP contribution in [0, 0.1) is 11.6 Å². The van der Waals surface area contributed by atoms with Crippen LogP contribution in [0.3, 0.4) is 0 Å². The molecule has 2 aromatic rings. The molecule has 1 aliphatic rings. The summed E-state index contributed by atoms with van der Waals surface area (Å²) in [6.07, 6.45) is -3.11. The molecule has 3 nitrogen and oxygen atoms in total. The molecule has 1 heterocycles. The SMILES string of the molecule is O=C1CC[C@H](CCNCc2ccccc2F)N1Cc1ccc(C(F)(F)F)cc1F. The Morgan fingerprint density at radius 2 is 1.79 bits per heavy atom. The first-order valence-corrected chi connectivity index (χ1v) is 9.35. The number of amides is 1. The number of nitrogens with one attached hydrogen (secondary N) is 1. The summed E-state index contributed by atoms with van der Waals surface area (Å²) in [7, 11) is 0. The number of hydrogen-bond donors (Lipinski definition) is 1. The standard InChI is InChI=1S/C21H21F5N2O/c22-18-4-2-1-3-14(18)12-27-10-9-17-7-8-20(29)28(17)13-15-5-6-16(11-19(15)23)21(24,25)26/h1-6,11,17,27H,7-10,12-13H2/t17-/m1/s1. The molecule has 2 aromatic carbocycles. The zero-order valence-electron chi connectivity index (χ0n) is 15.6. The van der Waals surface area contributed by atoms with E-state index in [-0.39, 0.29) is 29.9 Å². The second-order valence-corrected chi connectivity index (χ2v) is 7.07. The maximum absolute atomic E-state index is 14.1. The molecule has 0 aliphatic carbocycles. The fourth-order valence-corrected chi connectivity index (χ4v) is 3.48. The van der Waals surface area contributed by atoms with Gasteiger partial charge in [0.15, 0.2) is 0 Å². The van der Waals surface area contributed by atoms with Crippen LogP contribution in [-0.2, 0) is 24.1 Å². The minimum Gasteiger partial charge on any atom is -0.335 e. The van der Waals surface area contributed by atoms with E-state index in [1.54, 1.807) is 18.2 Å². The van der Waals surface area contributed by atoms with Gasteiger partial charge in [0.1, 0.15) is 11.6 Å². The lowest BCUT2D eigenvalue weighted by molar-refractivity contribution is -0.138. The first-order valence-electron chi connectivity index (χ1n) is 9.35. The Bertz CT molecular complexity index is 868. The fourth-order valence-electron chi connectivity index (χ4n) is 3.48. The predicted molar refractivity (Wildman–Crippen MR) is 97.7 cm³/mol. The lowest BCUT2D eigenvalue weighted by Crippen LogP contribution is -2.35. The lowest BCUT2D eigenvalue weighted by atomic mass is 10.1. The third-order valence-corrected chi connectivity index (χ3v) is 5.10. The Labute approximate surface area is 165 Å². The number of alkyl halides is 3. The maximum Gasteiger partial charge on any atom is 0.416 e. The number of nitrogens with zero attached hydrogens (tertiary/aromatic N) is 1. The molecule has 0 radical (unpaired) electrons. The largest absolute Gasteiger partial charge is 0.416 e. The molecule has 8 heteroatoms. The highest BCUT2D eigenvalue weighted by Crippen LogP contribution is 2.31. The van der Waals surface area contributed by atoms with Gasteiger partial charge in [0, 0.05) is 36.7 Å². The molecule has 1 atom stereocenters. The van der Waals surface area contributed by atoms with Gasteiger partial charge in [0.2, 0.25) is 5.91 Å². The van der Waals surface area contributed by atoms with Gasteiger partial charge in [-0.3, -0.25) is 4.79 Å². The number of halogens is 5. The highest BCUT2D eigenvalue weighted by Gasteiger charge is 2.33. The Balaban J connectivity index is 1.57. The van der Waals surface area contributed by atoms with Crippen LogP contribution in [0.4, 0.5) is 22.0 Å². The zero-order valence-corrected chi connectivity index (χ0v) is 15.6. The number of benzene rings is 2. The molecule has 1 fully saturated rings. The number of carbonyl (C=O) groups excluding carboxylic acids is 1. The summed E-state index contributed by atoms with van der Waals surface area (Å²) in [5, 5.41) is 3.13. The van der Waals surface area contributed by atoms with Gasteiger partial charge in [0.05, 0.1) is 5.56 Å². The van der Waals surface area contributed by atoms with Crippen LogP contribution in [-0.4, -0.2) is 23.4 Å². The van der Waals surface area contributed by atoms with Crippen LogP contribution < -0.4 is 5.32 Å². The van der Waals surface area contributed by atoms with E-state index in [4.69, 9.17) is 0 Å². The first-order chi connectivity index (χ1) is 13.8. The van der Waals surface area contributed by atoms with Crippen molar-refractivity contribution in [3.8, 4) is 0 Å². The summed E-state index contributed by atoms with van der Waals surface area (Å²) in [5.41, 5.74) is -0.461. The van der Waals surface area contributed by atoms with Crippen LogP contribution in [0.25, 0.3) is 0 Å². The molecule has 3 rings (SSSR count). The molecular weight excluding hydrogens is 391 g/mol. The molecular formula is C21H21F5N2O. The van der Waals surface area contributed by atoms with E-state index >= 15 is 0 Å². The first kappa shape index (κ1) is 21.2. The summed E-state index contributed by atoms with van der Waals surface area (Å²) in [6.45, 7) is 0.805. The minimum absolute atomic E-state index is 0.0533. The molecule has 0 aromatic heterocycles. The highest BCUT2D eigenvalue weighted by atomic mass is 19.4. The summed E-state index contributed by atoms with van der Waals surface area (Å²) in [4.78, 5) is 13.7. The second-order valence-electron chi connectivity index (χ2n) is 7.07. The molecule has 0 saturated carbocycles. The van der Waals surface area contributed by atoms with Crippen molar-refractivity contribution in [2.75, 3.05) is 6.54 Å². The molecule has 0 spiro atoms. The second kappa shape index (κ2) is 8.90. The normalized spacial score (nSPS) is 17.2. The molecule has 1 aliphatic heterocycles. The predicted octanol–water partition coefficient (Wildman–Crippen LogP) is 4.65. The quantitative estimate of drug-likeness (QED) is 0.530.